The summed E-state index contributed by atoms with van der Waals surface area (Å²) in [5.74, 6) is -1.19. The van der Waals surface area contributed by atoms with E-state index in [9.17, 15) is 29.8 Å². The minimum absolute atomic E-state index is 0.115. The Hall–Kier alpha value is -4.08. The quantitative estimate of drug-likeness (QED) is 0.223. The second-order valence-corrected chi connectivity index (χ2v) is 5.36. The number of hydrogen-bond donors (Lipinski definition) is 0. The molecule has 0 spiro atoms. The van der Waals surface area contributed by atoms with Gasteiger partial charge in [0.25, 0.3) is 11.4 Å². The summed E-state index contributed by atoms with van der Waals surface area (Å²) >= 11 is 0. The van der Waals surface area contributed by atoms with Crippen molar-refractivity contribution >= 4 is 23.3 Å². The summed E-state index contributed by atoms with van der Waals surface area (Å²) in [6.45, 7) is 5.25. The topological polar surface area (TPSA) is 139 Å². The number of esters is 2. The zero-order chi connectivity index (χ0) is 21.8. The van der Waals surface area contributed by atoms with Gasteiger partial charge in [-0.3, -0.25) is 29.8 Å². The smallest absolute Gasteiger partial charge is 0.311 e. The molecule has 0 aliphatic carbocycles. The van der Waals surface area contributed by atoms with Crippen molar-refractivity contribution in [2.75, 3.05) is 0 Å². The molecule has 0 aliphatic heterocycles. The molecule has 0 bridgehead atoms. The van der Waals surface area contributed by atoms with E-state index in [1.807, 2.05) is 6.92 Å². The molecule has 0 heterocycles. The highest BCUT2D eigenvalue weighted by atomic mass is 16.6. The van der Waals surface area contributed by atoms with E-state index in [0.29, 0.717) is 0 Å². The minimum Gasteiger partial charge on any atom is -0.427 e. The molecule has 2 aromatic carbocycles. The molecule has 0 radical (unpaired) electrons. The number of hydrogen-bond acceptors (Lipinski definition) is 8. The van der Waals surface area contributed by atoms with Crippen LogP contribution in [0.2, 0.25) is 0 Å². The van der Waals surface area contributed by atoms with Gasteiger partial charge in [0, 0.05) is 24.3 Å². The Morgan fingerprint density at radius 3 is 1.34 bits per heavy atom. The molecule has 29 heavy (non-hydrogen) atoms. The van der Waals surface area contributed by atoms with Gasteiger partial charge in [0.2, 0.25) is 0 Å². The van der Waals surface area contributed by atoms with E-state index in [1.54, 1.807) is 6.08 Å². The van der Waals surface area contributed by atoms with Crippen molar-refractivity contribution in [1.29, 1.82) is 0 Å². The van der Waals surface area contributed by atoms with E-state index in [1.165, 1.54) is 48.5 Å². The first-order valence-corrected chi connectivity index (χ1v) is 8.24. The number of non-ortho nitro benzene ring substituents is 2. The molecular formula is C19H18N2O8. The Labute approximate surface area is 165 Å². The zero-order valence-electron chi connectivity index (χ0n) is 15.5. The lowest BCUT2D eigenvalue weighted by atomic mass is 10.3. The number of carbonyl (C=O) groups excluding carboxylic acids is 2. The van der Waals surface area contributed by atoms with E-state index < -0.39 is 21.8 Å². The van der Waals surface area contributed by atoms with Gasteiger partial charge in [0.15, 0.2) is 0 Å². The summed E-state index contributed by atoms with van der Waals surface area (Å²) in [4.78, 5) is 43.2. The summed E-state index contributed by atoms with van der Waals surface area (Å²) in [6, 6.07) is 9.82. The fraction of sp³-hybridized carbons (Fsp3) is 0.158. The highest BCUT2D eigenvalue weighted by Gasteiger charge is 2.13. The molecule has 0 aliphatic rings. The molecule has 0 saturated carbocycles. The van der Waals surface area contributed by atoms with Crippen molar-refractivity contribution in [1.82, 2.24) is 0 Å². The van der Waals surface area contributed by atoms with Crippen molar-refractivity contribution in [3.8, 4) is 11.5 Å². The maximum atomic E-state index is 11.7. The van der Waals surface area contributed by atoms with E-state index in [4.69, 9.17) is 9.47 Å². The first kappa shape index (κ1) is 23.0. The summed E-state index contributed by atoms with van der Waals surface area (Å²) in [5, 5.41) is 21.1. The number of rotatable bonds is 7. The van der Waals surface area contributed by atoms with Crippen LogP contribution in [0.3, 0.4) is 0 Å². The predicted octanol–water partition coefficient (Wildman–Crippen LogP) is 3.99. The Morgan fingerprint density at radius 2 is 1.10 bits per heavy atom. The maximum Gasteiger partial charge on any atom is 0.311 e. The molecule has 0 unspecified atom stereocenters. The van der Waals surface area contributed by atoms with Gasteiger partial charge in [0.05, 0.1) is 22.7 Å². The average molecular weight is 402 g/mol. The van der Waals surface area contributed by atoms with Crippen LogP contribution < -0.4 is 9.47 Å². The van der Waals surface area contributed by atoms with Crippen molar-refractivity contribution in [3.63, 3.8) is 0 Å². The Balaban J connectivity index is 0.00000132. The molecule has 10 heteroatoms. The maximum absolute atomic E-state index is 11.7. The Bertz CT molecular complexity index is 805. The van der Waals surface area contributed by atoms with Crippen LogP contribution in [0, 0.1) is 20.2 Å². The minimum atomic E-state index is -0.709. The second-order valence-electron chi connectivity index (χ2n) is 5.36. The van der Waals surface area contributed by atoms with Crippen molar-refractivity contribution in [3.05, 3.63) is 81.4 Å². The van der Waals surface area contributed by atoms with Gasteiger partial charge >= 0.3 is 11.9 Å². The second kappa shape index (κ2) is 11.6. The monoisotopic (exact) mass is 402 g/mol. The van der Waals surface area contributed by atoms with E-state index in [0.717, 1.165) is 0 Å². The summed E-state index contributed by atoms with van der Waals surface area (Å²) in [5.41, 5.74) is -0.284. The van der Waals surface area contributed by atoms with E-state index in [-0.39, 0.29) is 35.7 Å². The van der Waals surface area contributed by atoms with Crippen LogP contribution in [-0.4, -0.2) is 21.8 Å². The van der Waals surface area contributed by atoms with Crippen molar-refractivity contribution in [2.45, 2.75) is 19.8 Å². The number of nitro groups is 2. The van der Waals surface area contributed by atoms with Gasteiger partial charge < -0.3 is 9.47 Å². The fourth-order valence-electron chi connectivity index (χ4n) is 1.84. The third-order valence-electron chi connectivity index (χ3n) is 3.09. The van der Waals surface area contributed by atoms with E-state index in [2.05, 4.69) is 6.58 Å². The molecule has 10 nitrogen and oxygen atoms in total. The molecule has 2 rings (SSSR count). The molecule has 2 aromatic rings. The molecule has 0 N–H and O–H groups in total. The lowest BCUT2D eigenvalue weighted by Crippen LogP contribution is -2.14. The van der Waals surface area contributed by atoms with Crippen LogP contribution >= 0.6 is 0 Å². The zero-order valence-corrected chi connectivity index (χ0v) is 15.5. The average Bonchev–Trinajstić information content (AvgIpc) is 2.68. The summed E-state index contributed by atoms with van der Waals surface area (Å²) in [7, 11) is 0. The third kappa shape index (κ3) is 8.43. The SMILES string of the molecule is C=CC.O=C(CCC(=O)Oc1ccc([N+](=O)[O-])cc1)Oc1ccc([N+](=O)[O-])cc1. The fourth-order valence-corrected chi connectivity index (χ4v) is 1.84. The lowest BCUT2D eigenvalue weighted by Gasteiger charge is -2.05. The van der Waals surface area contributed by atoms with Gasteiger partial charge in [-0.2, -0.15) is 0 Å². The van der Waals surface area contributed by atoms with E-state index >= 15 is 0 Å². The lowest BCUT2D eigenvalue weighted by molar-refractivity contribution is -0.385. The number of carbonyl (C=O) groups is 2. The molecule has 152 valence electrons. The third-order valence-corrected chi connectivity index (χ3v) is 3.09. The number of nitro benzene ring substituents is 2. The van der Waals surface area contributed by atoms with Crippen molar-refractivity contribution < 1.29 is 28.9 Å². The first-order valence-electron chi connectivity index (χ1n) is 8.24. The van der Waals surface area contributed by atoms with Gasteiger partial charge in [-0.25, -0.2) is 0 Å². The molecule has 0 saturated heterocycles. The van der Waals surface area contributed by atoms with Crippen LogP contribution in [0.5, 0.6) is 11.5 Å². The molecule has 0 fully saturated rings. The number of benzene rings is 2. The largest absolute Gasteiger partial charge is 0.427 e. The number of ether oxygens (including phenoxy) is 2. The van der Waals surface area contributed by atoms with Crippen molar-refractivity contribution in [2.24, 2.45) is 0 Å². The van der Waals surface area contributed by atoms with Crippen LogP contribution in [-0.2, 0) is 9.59 Å². The highest BCUT2D eigenvalue weighted by molar-refractivity contribution is 5.80. The highest BCUT2D eigenvalue weighted by Crippen LogP contribution is 2.19. The van der Waals surface area contributed by atoms with Gasteiger partial charge in [-0.1, -0.05) is 6.08 Å². The molecule has 0 amide bonds. The summed E-state index contributed by atoms with van der Waals surface area (Å²) in [6.07, 6.45) is 1.23. The summed E-state index contributed by atoms with van der Waals surface area (Å²) < 4.78 is 9.90. The van der Waals surface area contributed by atoms with Crippen LogP contribution in [0.4, 0.5) is 11.4 Å². The van der Waals surface area contributed by atoms with Gasteiger partial charge in [-0.05, 0) is 31.2 Å². The first-order chi connectivity index (χ1) is 13.8. The predicted molar refractivity (Wildman–Crippen MR) is 103 cm³/mol. The van der Waals surface area contributed by atoms with Crippen LogP contribution in [0.25, 0.3) is 0 Å². The molecular weight excluding hydrogens is 384 g/mol. The molecule has 0 aromatic heterocycles. The van der Waals surface area contributed by atoms with Crippen LogP contribution in [0.1, 0.15) is 19.8 Å². The normalized spacial score (nSPS) is 9.41. The Kier molecular flexibility index (Phi) is 9.18. The standard InChI is InChI=1S/C16H12N2O8.C3H6/c19-15(25-13-5-1-11(2-6-13)17(21)22)9-10-16(20)26-14-7-3-12(4-8-14)18(23)24;1-3-2/h1-8H,9-10H2;3H,1H2,2H3. The Morgan fingerprint density at radius 1 is 0.828 bits per heavy atom. The number of allylic oxidation sites excluding steroid dienone is 1. The van der Waals surface area contributed by atoms with Crippen LogP contribution in [0.15, 0.2) is 61.2 Å². The number of nitrogens with zero attached hydrogens (tertiary/aromatic N) is 2. The molecule has 0 atom stereocenters. The van der Waals surface area contributed by atoms with Gasteiger partial charge in [0.1, 0.15) is 11.5 Å². The van der Waals surface area contributed by atoms with Gasteiger partial charge in [-0.15, -0.1) is 6.58 Å².